The number of nitrogens with one attached hydrogen (secondary N) is 1. The van der Waals surface area contributed by atoms with E-state index in [2.05, 4.69) is 43.2 Å². The van der Waals surface area contributed by atoms with Gasteiger partial charge in [-0.2, -0.15) is 0 Å². The van der Waals surface area contributed by atoms with Crippen LogP contribution in [0, 0.1) is 11.3 Å². The number of esters is 1. The smallest absolute Gasteiger partial charge is 0.336 e. The molecule has 2 rings (SSSR count). The van der Waals surface area contributed by atoms with E-state index in [1.54, 1.807) is 13.8 Å². The van der Waals surface area contributed by atoms with E-state index >= 15 is 0 Å². The fourth-order valence-corrected chi connectivity index (χ4v) is 4.25. The first-order valence-electron chi connectivity index (χ1n) is 10.9. The van der Waals surface area contributed by atoms with Crippen LogP contribution < -0.4 is 5.32 Å². The molecule has 1 aliphatic heterocycles. The maximum atomic E-state index is 13.0. The standard InChI is InChI=1S/C25H36N2O4/c1-7-11-20-22(17(2)21(23(28)29)18(3)26-20)24(30)31-16-25(4,5)15-27(6)14-19-12-9-8-10-13-19/h8-10,12-13,17,26H,7,11,14-16H2,1-6H3,(H,28,29). The molecule has 170 valence electrons. The fourth-order valence-electron chi connectivity index (χ4n) is 4.25. The first kappa shape index (κ1) is 24.7. The second-order valence-corrected chi connectivity index (χ2v) is 9.23. The summed E-state index contributed by atoms with van der Waals surface area (Å²) in [7, 11) is 2.05. The summed E-state index contributed by atoms with van der Waals surface area (Å²) in [5, 5.41) is 12.7. The van der Waals surface area contributed by atoms with Gasteiger partial charge in [-0.1, -0.05) is 64.4 Å². The zero-order chi connectivity index (χ0) is 23.2. The van der Waals surface area contributed by atoms with E-state index in [9.17, 15) is 14.7 Å². The van der Waals surface area contributed by atoms with Crippen molar-refractivity contribution in [2.24, 2.45) is 11.3 Å². The second-order valence-electron chi connectivity index (χ2n) is 9.23. The van der Waals surface area contributed by atoms with Crippen molar-refractivity contribution in [1.29, 1.82) is 0 Å². The number of carboxylic acid groups (broad SMARTS) is 1. The van der Waals surface area contributed by atoms with E-state index < -0.39 is 17.9 Å². The van der Waals surface area contributed by atoms with Crippen LogP contribution in [-0.4, -0.2) is 42.1 Å². The van der Waals surface area contributed by atoms with Crippen molar-refractivity contribution >= 4 is 11.9 Å². The van der Waals surface area contributed by atoms with Crippen LogP contribution in [0.25, 0.3) is 0 Å². The van der Waals surface area contributed by atoms with Crippen molar-refractivity contribution in [3.05, 3.63) is 58.4 Å². The number of hydrogen-bond acceptors (Lipinski definition) is 5. The Labute approximate surface area is 186 Å². The molecule has 1 aromatic rings. The van der Waals surface area contributed by atoms with Crippen molar-refractivity contribution < 1.29 is 19.4 Å². The van der Waals surface area contributed by atoms with Crippen LogP contribution in [0.4, 0.5) is 0 Å². The highest BCUT2D eigenvalue weighted by molar-refractivity contribution is 5.97. The molecular weight excluding hydrogens is 392 g/mol. The van der Waals surface area contributed by atoms with Crippen LogP contribution in [0.3, 0.4) is 0 Å². The molecule has 0 fully saturated rings. The van der Waals surface area contributed by atoms with Gasteiger partial charge in [-0.15, -0.1) is 0 Å². The van der Waals surface area contributed by atoms with Gasteiger partial charge in [0.25, 0.3) is 0 Å². The predicted molar refractivity (Wildman–Crippen MR) is 122 cm³/mol. The molecule has 1 aromatic carbocycles. The van der Waals surface area contributed by atoms with E-state index in [1.165, 1.54) is 5.56 Å². The van der Waals surface area contributed by atoms with Crippen molar-refractivity contribution in [3.8, 4) is 0 Å². The van der Waals surface area contributed by atoms with Crippen LogP contribution in [0.5, 0.6) is 0 Å². The summed E-state index contributed by atoms with van der Waals surface area (Å²) in [6.07, 6.45) is 1.51. The number of aliphatic carboxylic acids is 1. The maximum Gasteiger partial charge on any atom is 0.336 e. The Balaban J connectivity index is 2.06. The molecule has 0 spiro atoms. The Morgan fingerprint density at radius 2 is 1.84 bits per heavy atom. The van der Waals surface area contributed by atoms with Crippen molar-refractivity contribution in [2.45, 2.75) is 54.0 Å². The van der Waals surface area contributed by atoms with E-state index in [4.69, 9.17) is 4.74 Å². The summed E-state index contributed by atoms with van der Waals surface area (Å²) in [4.78, 5) is 27.0. The molecule has 1 heterocycles. The highest BCUT2D eigenvalue weighted by atomic mass is 16.5. The van der Waals surface area contributed by atoms with E-state index in [-0.39, 0.29) is 17.6 Å². The summed E-state index contributed by atoms with van der Waals surface area (Å²) >= 11 is 0. The monoisotopic (exact) mass is 428 g/mol. The van der Waals surface area contributed by atoms with Crippen LogP contribution >= 0.6 is 0 Å². The van der Waals surface area contributed by atoms with Gasteiger partial charge in [-0.05, 0) is 26.0 Å². The van der Waals surface area contributed by atoms with Gasteiger partial charge in [0.05, 0.1) is 17.8 Å². The predicted octanol–water partition coefficient (Wildman–Crippen LogP) is 4.34. The molecule has 6 heteroatoms. The van der Waals surface area contributed by atoms with Gasteiger partial charge in [-0.3, -0.25) is 0 Å². The molecule has 1 aliphatic rings. The summed E-state index contributed by atoms with van der Waals surface area (Å²) in [6.45, 7) is 11.5. The van der Waals surface area contributed by atoms with Gasteiger partial charge in [0.15, 0.2) is 0 Å². The number of dihydropyridines is 1. The summed E-state index contributed by atoms with van der Waals surface area (Å²) in [6, 6.07) is 10.2. The number of nitrogens with zero attached hydrogens (tertiary/aromatic N) is 1. The first-order valence-corrected chi connectivity index (χ1v) is 10.9. The quantitative estimate of drug-likeness (QED) is 0.540. The van der Waals surface area contributed by atoms with Gasteiger partial charge in [0, 0.05) is 35.8 Å². The molecule has 31 heavy (non-hydrogen) atoms. The molecule has 0 bridgehead atoms. The van der Waals surface area contributed by atoms with Crippen LogP contribution in [0.15, 0.2) is 52.9 Å². The number of carbonyl (C=O) groups excluding carboxylic acids is 1. The van der Waals surface area contributed by atoms with E-state index in [1.807, 2.05) is 25.1 Å². The largest absolute Gasteiger partial charge is 0.478 e. The van der Waals surface area contributed by atoms with E-state index in [0.29, 0.717) is 17.7 Å². The van der Waals surface area contributed by atoms with Gasteiger partial charge < -0.3 is 20.1 Å². The maximum absolute atomic E-state index is 13.0. The lowest BCUT2D eigenvalue weighted by atomic mass is 9.85. The zero-order valence-corrected chi connectivity index (χ0v) is 19.6. The number of rotatable bonds is 10. The van der Waals surface area contributed by atoms with Crippen LogP contribution in [0.1, 0.15) is 53.0 Å². The number of allylic oxidation sites excluding steroid dienone is 2. The van der Waals surface area contributed by atoms with Gasteiger partial charge in [-0.25, -0.2) is 9.59 Å². The fraction of sp³-hybridized carbons (Fsp3) is 0.520. The van der Waals surface area contributed by atoms with Crippen molar-refractivity contribution in [3.63, 3.8) is 0 Å². The minimum atomic E-state index is -1.01. The Bertz CT molecular complexity index is 856. The molecule has 0 radical (unpaired) electrons. The molecule has 0 aliphatic carbocycles. The number of carbonyl (C=O) groups is 2. The minimum Gasteiger partial charge on any atom is -0.478 e. The van der Waals surface area contributed by atoms with Gasteiger partial charge in [0.2, 0.25) is 0 Å². The normalized spacial score (nSPS) is 17.1. The van der Waals surface area contributed by atoms with Gasteiger partial charge in [0.1, 0.15) is 0 Å². The lowest BCUT2D eigenvalue weighted by molar-refractivity contribution is -0.143. The third-order valence-corrected chi connectivity index (χ3v) is 5.47. The summed E-state index contributed by atoms with van der Waals surface area (Å²) in [5.41, 5.74) is 2.98. The summed E-state index contributed by atoms with van der Waals surface area (Å²) in [5.74, 6) is -1.97. The highest BCUT2D eigenvalue weighted by Crippen LogP contribution is 2.32. The van der Waals surface area contributed by atoms with Crippen molar-refractivity contribution in [1.82, 2.24) is 10.2 Å². The molecule has 1 unspecified atom stereocenters. The number of ether oxygens (including phenoxy) is 1. The number of carboxylic acids is 1. The lowest BCUT2D eigenvalue weighted by Gasteiger charge is -2.32. The third kappa shape index (κ3) is 6.69. The molecule has 0 aromatic heterocycles. The molecule has 1 atom stereocenters. The topological polar surface area (TPSA) is 78.9 Å². The molecular formula is C25H36N2O4. The average molecular weight is 429 g/mol. The van der Waals surface area contributed by atoms with Gasteiger partial charge >= 0.3 is 11.9 Å². The molecule has 0 saturated carbocycles. The van der Waals surface area contributed by atoms with Crippen LogP contribution in [-0.2, 0) is 20.9 Å². The Morgan fingerprint density at radius 3 is 2.42 bits per heavy atom. The number of hydrogen-bond donors (Lipinski definition) is 2. The van der Waals surface area contributed by atoms with Crippen molar-refractivity contribution in [2.75, 3.05) is 20.2 Å². The Morgan fingerprint density at radius 1 is 1.19 bits per heavy atom. The van der Waals surface area contributed by atoms with E-state index in [0.717, 1.165) is 25.2 Å². The lowest BCUT2D eigenvalue weighted by Crippen LogP contribution is -2.37. The second kappa shape index (κ2) is 10.6. The first-order chi connectivity index (χ1) is 14.6. The SMILES string of the molecule is CCCC1=C(C(=O)OCC(C)(C)CN(C)Cc2ccccc2)C(C)C(C(=O)O)=C(C)N1. The van der Waals surface area contributed by atoms with Crippen LogP contribution in [0.2, 0.25) is 0 Å². The molecule has 6 nitrogen and oxygen atoms in total. The molecule has 2 N–H and O–H groups in total. The third-order valence-electron chi connectivity index (χ3n) is 5.47. The molecule has 0 amide bonds. The molecule has 0 saturated heterocycles. The zero-order valence-electron chi connectivity index (χ0n) is 19.6. The Kier molecular flexibility index (Phi) is 8.45. The Hall–Kier alpha value is -2.60. The number of benzene rings is 1. The summed E-state index contributed by atoms with van der Waals surface area (Å²) < 4.78 is 5.73. The average Bonchev–Trinajstić information content (AvgIpc) is 2.66. The minimum absolute atomic E-state index is 0.216. The highest BCUT2D eigenvalue weighted by Gasteiger charge is 2.34.